The number of aromatic nitrogens is 1. The van der Waals surface area contributed by atoms with Crippen LogP contribution in [0.15, 0.2) is 10.9 Å². The molecule has 1 saturated heterocycles. The maximum absolute atomic E-state index is 13.4. The minimum atomic E-state index is -0.850. The molecule has 12 heteroatoms. The topological polar surface area (TPSA) is 142 Å². The molecule has 0 unspecified atom stereocenters. The first-order valence-corrected chi connectivity index (χ1v) is 13.2. The average Bonchev–Trinajstić information content (AvgIpc) is 3.44. The molecule has 39 heavy (non-hydrogen) atoms. The Bertz CT molecular complexity index is 1450. The highest BCUT2D eigenvalue weighted by molar-refractivity contribution is 6.04. The van der Waals surface area contributed by atoms with E-state index < -0.39 is 34.2 Å². The van der Waals surface area contributed by atoms with Crippen molar-refractivity contribution in [2.24, 2.45) is 5.92 Å². The fourth-order valence-corrected chi connectivity index (χ4v) is 6.04. The first-order chi connectivity index (χ1) is 18.3. The van der Waals surface area contributed by atoms with E-state index in [0.29, 0.717) is 35.6 Å². The van der Waals surface area contributed by atoms with Gasteiger partial charge in [0.25, 0.3) is 11.2 Å². The van der Waals surface area contributed by atoms with Crippen LogP contribution in [0.5, 0.6) is 5.75 Å². The molecule has 2 aliphatic heterocycles. The summed E-state index contributed by atoms with van der Waals surface area (Å²) < 4.78 is 17.9. The van der Waals surface area contributed by atoms with Crippen molar-refractivity contribution in [1.29, 1.82) is 0 Å². The molecule has 1 saturated carbocycles. The van der Waals surface area contributed by atoms with Crippen LogP contribution in [0.25, 0.3) is 10.9 Å². The summed E-state index contributed by atoms with van der Waals surface area (Å²) >= 11 is 0. The van der Waals surface area contributed by atoms with Gasteiger partial charge in [-0.1, -0.05) is 0 Å². The van der Waals surface area contributed by atoms with E-state index in [0.717, 1.165) is 26.4 Å². The quantitative estimate of drug-likeness (QED) is 0.339. The van der Waals surface area contributed by atoms with Crippen LogP contribution in [0.4, 0.5) is 16.2 Å². The normalized spacial score (nSPS) is 21.3. The lowest BCUT2D eigenvalue weighted by molar-refractivity contribution is -0.383. The number of carbonyl (C=O) groups is 2. The molecule has 2 fully saturated rings. The first kappa shape index (κ1) is 26.8. The lowest BCUT2D eigenvalue weighted by atomic mass is 9.96. The second-order valence-corrected chi connectivity index (χ2v) is 11.8. The van der Waals surface area contributed by atoms with E-state index in [1.54, 1.807) is 13.8 Å². The summed E-state index contributed by atoms with van der Waals surface area (Å²) in [6.07, 6.45) is 1.98. The highest BCUT2D eigenvalue weighted by atomic mass is 16.6. The highest BCUT2D eigenvalue weighted by Crippen LogP contribution is 2.52. The van der Waals surface area contributed by atoms with Gasteiger partial charge in [-0.2, -0.15) is 0 Å². The Hall–Kier alpha value is -3.83. The van der Waals surface area contributed by atoms with Crippen molar-refractivity contribution in [1.82, 2.24) is 9.88 Å². The Morgan fingerprint density at radius 2 is 1.97 bits per heavy atom. The van der Waals surface area contributed by atoms with E-state index >= 15 is 0 Å². The molecule has 5 rings (SSSR count). The number of rotatable bonds is 5. The smallest absolute Gasteiger partial charge is 0.408 e. The fraction of sp³-hybridized carbons (Fsp3) is 0.593. The summed E-state index contributed by atoms with van der Waals surface area (Å²) in [7, 11) is 1.16. The zero-order chi connectivity index (χ0) is 28.4. The zero-order valence-corrected chi connectivity index (χ0v) is 23.1. The Balaban J connectivity index is 1.59. The molecule has 12 nitrogen and oxygen atoms in total. The molecule has 1 aromatic carbocycles. The van der Waals surface area contributed by atoms with Gasteiger partial charge in [0, 0.05) is 24.5 Å². The number of nitro groups is 1. The van der Waals surface area contributed by atoms with Crippen LogP contribution in [-0.2, 0) is 9.47 Å². The highest BCUT2D eigenvalue weighted by Gasteiger charge is 2.53. The molecule has 2 atom stereocenters. The standard InChI is InChI=1S/C27H34N4O8/c1-14-13-38-22-20(29-10-7-16(12-29)27(8-9-27)28-25(34)39-26(3,4)5)15(2)19(31(35)36)17-11-18(24(33)37-6)23(32)30(14)21(17)22/h11,14,16H,7-10,12-13H2,1-6H3,(H,28,34)/t14-,16+/m0/s1. The number of esters is 1. The van der Waals surface area contributed by atoms with Gasteiger partial charge < -0.3 is 24.4 Å². The Morgan fingerprint density at radius 3 is 2.56 bits per heavy atom. The number of ether oxygens (including phenoxy) is 3. The van der Waals surface area contributed by atoms with Crippen molar-refractivity contribution in [3.05, 3.63) is 37.7 Å². The molecule has 1 N–H and O–H groups in total. The number of hydrogen-bond acceptors (Lipinski definition) is 9. The zero-order valence-electron chi connectivity index (χ0n) is 23.1. The maximum atomic E-state index is 13.4. The number of carbonyl (C=O) groups excluding carboxylic acids is 2. The van der Waals surface area contributed by atoms with E-state index in [9.17, 15) is 24.5 Å². The van der Waals surface area contributed by atoms with Crippen molar-refractivity contribution in [3.63, 3.8) is 0 Å². The van der Waals surface area contributed by atoms with E-state index in [-0.39, 0.29) is 34.7 Å². The van der Waals surface area contributed by atoms with Crippen molar-refractivity contribution < 1.29 is 28.7 Å². The lowest BCUT2D eigenvalue weighted by Gasteiger charge is -2.32. The number of alkyl carbamates (subject to hydrolysis) is 1. The summed E-state index contributed by atoms with van der Waals surface area (Å²) in [6, 6.07) is 0.794. The van der Waals surface area contributed by atoms with Gasteiger partial charge in [0.1, 0.15) is 23.3 Å². The van der Waals surface area contributed by atoms with Crippen LogP contribution in [-0.4, -0.2) is 59.5 Å². The van der Waals surface area contributed by atoms with Gasteiger partial charge in [0.2, 0.25) is 0 Å². The van der Waals surface area contributed by atoms with Crippen molar-refractivity contribution in [3.8, 4) is 5.75 Å². The fourth-order valence-electron chi connectivity index (χ4n) is 6.04. The maximum Gasteiger partial charge on any atom is 0.408 e. The largest absolute Gasteiger partial charge is 0.487 e. The van der Waals surface area contributed by atoms with E-state index in [4.69, 9.17) is 14.2 Å². The Labute approximate surface area is 225 Å². The molecule has 0 spiro atoms. The molecular formula is C27H34N4O8. The summed E-state index contributed by atoms with van der Waals surface area (Å²) in [5, 5.41) is 15.6. The molecule has 3 heterocycles. The Morgan fingerprint density at radius 1 is 1.28 bits per heavy atom. The minimum absolute atomic E-state index is 0.109. The third-order valence-corrected chi connectivity index (χ3v) is 7.95. The summed E-state index contributed by atoms with van der Waals surface area (Å²) in [4.78, 5) is 52.3. The van der Waals surface area contributed by atoms with Gasteiger partial charge in [-0.15, -0.1) is 0 Å². The van der Waals surface area contributed by atoms with Gasteiger partial charge >= 0.3 is 12.1 Å². The molecule has 1 amide bonds. The van der Waals surface area contributed by atoms with Crippen molar-refractivity contribution in [2.45, 2.75) is 71.1 Å². The first-order valence-electron chi connectivity index (χ1n) is 13.2. The molecule has 0 bridgehead atoms. The SMILES string of the molecule is COC(=O)c1cc2c([N+](=O)[O-])c(C)c(N3CC[C@@H](C4(NC(=O)OC(C)(C)C)CC4)C3)c3c2n(c1=O)[C@@H](C)CO3. The lowest BCUT2D eigenvalue weighted by Crippen LogP contribution is -2.45. The predicted octanol–water partition coefficient (Wildman–Crippen LogP) is 3.84. The number of hydrogen-bond donors (Lipinski definition) is 1. The molecule has 1 aliphatic carbocycles. The van der Waals surface area contributed by atoms with Crippen LogP contribution in [0.3, 0.4) is 0 Å². The number of benzene rings is 1. The monoisotopic (exact) mass is 542 g/mol. The van der Waals surface area contributed by atoms with E-state index in [2.05, 4.69) is 10.2 Å². The van der Waals surface area contributed by atoms with E-state index in [1.807, 2.05) is 20.8 Å². The van der Waals surface area contributed by atoms with Crippen LogP contribution < -0.4 is 20.5 Å². The van der Waals surface area contributed by atoms with Gasteiger partial charge in [0.05, 0.1) is 34.7 Å². The number of amides is 1. The second-order valence-electron chi connectivity index (χ2n) is 11.8. The van der Waals surface area contributed by atoms with Gasteiger partial charge in [-0.25, -0.2) is 9.59 Å². The number of methoxy groups -OCH3 is 1. The summed E-state index contributed by atoms with van der Waals surface area (Å²) in [6.45, 7) is 10.2. The van der Waals surface area contributed by atoms with Crippen LogP contribution in [0.2, 0.25) is 0 Å². The summed E-state index contributed by atoms with van der Waals surface area (Å²) in [5.74, 6) is -0.348. The number of anilines is 1. The average molecular weight is 543 g/mol. The van der Waals surface area contributed by atoms with Crippen LogP contribution in [0, 0.1) is 23.0 Å². The van der Waals surface area contributed by atoms with Crippen molar-refractivity contribution in [2.75, 3.05) is 31.7 Å². The number of nitrogens with one attached hydrogen (secondary N) is 1. The molecule has 210 valence electrons. The minimum Gasteiger partial charge on any atom is -0.487 e. The third kappa shape index (κ3) is 4.45. The van der Waals surface area contributed by atoms with Gasteiger partial charge in [-0.3, -0.25) is 19.5 Å². The third-order valence-electron chi connectivity index (χ3n) is 7.95. The van der Waals surface area contributed by atoms with E-state index in [1.165, 1.54) is 10.6 Å². The molecule has 1 aromatic heterocycles. The number of pyridine rings is 1. The molecule has 0 radical (unpaired) electrons. The number of nitro benzene ring substituents is 1. The molecule has 3 aliphatic rings. The number of nitrogens with zero attached hydrogens (tertiary/aromatic N) is 3. The van der Waals surface area contributed by atoms with Crippen LogP contribution in [0.1, 0.15) is 68.9 Å². The summed E-state index contributed by atoms with van der Waals surface area (Å²) in [5.41, 5.74) is -0.744. The van der Waals surface area contributed by atoms with Gasteiger partial charge in [0.15, 0.2) is 5.75 Å². The van der Waals surface area contributed by atoms with Crippen LogP contribution >= 0.6 is 0 Å². The van der Waals surface area contributed by atoms with Gasteiger partial charge in [-0.05, 0) is 59.9 Å². The van der Waals surface area contributed by atoms with Crippen molar-refractivity contribution >= 4 is 34.3 Å². The Kier molecular flexibility index (Phi) is 6.27. The second kappa shape index (κ2) is 9.13. The molecule has 2 aromatic rings. The predicted molar refractivity (Wildman–Crippen MR) is 143 cm³/mol. The molecular weight excluding hydrogens is 508 g/mol.